The molecule has 0 radical (unpaired) electrons. The smallest absolute Gasteiger partial charge is 0.305 e. The Kier molecular flexibility index (Phi) is 54.8. The van der Waals surface area contributed by atoms with Gasteiger partial charge in [-0.2, -0.15) is 0 Å². The van der Waals surface area contributed by atoms with Crippen molar-refractivity contribution in [3.05, 3.63) is 0 Å². The fourth-order valence-electron chi connectivity index (χ4n) is 11.1. The van der Waals surface area contributed by atoms with E-state index in [1.54, 1.807) is 0 Å². The minimum atomic E-state index is -0.837. The van der Waals surface area contributed by atoms with Crippen LogP contribution < -0.4 is 0 Å². The van der Waals surface area contributed by atoms with Gasteiger partial charge in [0.25, 0.3) is 0 Å². The molecular weight excluding hydrogens is 911 g/mol. The Bertz CT molecular complexity index is 1130. The van der Waals surface area contributed by atoms with Crippen molar-refractivity contribution in [1.29, 1.82) is 0 Å². The van der Waals surface area contributed by atoms with E-state index in [9.17, 15) is 9.59 Å². The molecule has 0 aromatic rings. The summed E-state index contributed by atoms with van der Waals surface area (Å²) in [7, 11) is 0. The molecule has 0 aromatic heterocycles. The number of aliphatic imine (C=N–C) groups is 1. The third kappa shape index (κ3) is 49.9. The summed E-state index contributed by atoms with van der Waals surface area (Å²) in [6, 6.07) is 0. The highest BCUT2D eigenvalue weighted by molar-refractivity contribution is 5.78. The number of hydrogen-bond donors (Lipinski definition) is 0. The molecule has 0 N–H and O–H groups in total. The largest absolute Gasteiger partial charge is 0.478 e. The topological polar surface area (TPSA) is 74.2 Å². The number of unbranched alkanes of at least 4 members (excludes halogenated alkanes) is 52. The van der Waals surface area contributed by atoms with E-state index in [0.29, 0.717) is 19.4 Å². The van der Waals surface area contributed by atoms with E-state index in [-0.39, 0.29) is 25.2 Å². The lowest BCUT2D eigenvalue weighted by Crippen LogP contribution is -2.41. The first-order valence-electron chi connectivity index (χ1n) is 34.1. The van der Waals surface area contributed by atoms with Gasteiger partial charge in [0.15, 0.2) is 11.4 Å². The average molecular weight is 1040 g/mol. The van der Waals surface area contributed by atoms with Gasteiger partial charge in [-0.25, -0.2) is 4.99 Å². The van der Waals surface area contributed by atoms with Crippen molar-refractivity contribution in [2.24, 2.45) is 4.99 Å². The van der Waals surface area contributed by atoms with Gasteiger partial charge in [0.1, 0.15) is 19.8 Å². The van der Waals surface area contributed by atoms with Gasteiger partial charge in [0, 0.05) is 19.3 Å². The van der Waals surface area contributed by atoms with Gasteiger partial charge >= 0.3 is 11.9 Å². The number of carbonyl (C=O) groups excluding carboxylic acids is 2. The van der Waals surface area contributed by atoms with Gasteiger partial charge in [0.05, 0.1) is 0 Å². The number of nitrogens with zero attached hydrogens (tertiary/aromatic N) is 1. The predicted molar refractivity (Wildman–Crippen MR) is 323 cm³/mol. The van der Waals surface area contributed by atoms with Crippen LogP contribution in [0.1, 0.15) is 393 Å². The summed E-state index contributed by atoms with van der Waals surface area (Å²) in [4.78, 5) is 30.9. The molecule has 0 unspecified atom stereocenters. The van der Waals surface area contributed by atoms with Crippen LogP contribution in [-0.4, -0.2) is 43.2 Å². The van der Waals surface area contributed by atoms with Crippen LogP contribution in [0.2, 0.25) is 0 Å². The summed E-state index contributed by atoms with van der Waals surface area (Å²) in [6.45, 7) is 7.41. The van der Waals surface area contributed by atoms with E-state index in [1.165, 1.54) is 321 Å². The zero-order valence-corrected chi connectivity index (χ0v) is 50.6. The molecule has 0 saturated heterocycles. The molecule has 0 aliphatic carbocycles. The molecule has 0 fully saturated rings. The maximum Gasteiger partial charge on any atom is 0.305 e. The van der Waals surface area contributed by atoms with Gasteiger partial charge < -0.3 is 14.2 Å². The number of ether oxygens (including phenoxy) is 3. The Morgan fingerprint density at radius 1 is 0.324 bits per heavy atom. The van der Waals surface area contributed by atoms with Gasteiger partial charge in [0.2, 0.25) is 0 Å². The third-order valence-electron chi connectivity index (χ3n) is 16.3. The van der Waals surface area contributed by atoms with Gasteiger partial charge in [-0.3, -0.25) is 9.59 Å². The minimum absolute atomic E-state index is 0.111. The highest BCUT2D eigenvalue weighted by Gasteiger charge is 2.40. The van der Waals surface area contributed by atoms with Crippen LogP contribution in [0.4, 0.5) is 0 Å². The molecule has 6 nitrogen and oxygen atoms in total. The molecular formula is C68H131NO5. The standard InChI is InChI=1S/C68H131NO5/c1-4-7-10-13-16-19-22-25-28-31-33-36-39-42-45-48-51-54-57-60-66(70)73-63-68(62-72-65(69-68)59-56-53-50-47-44-41-38-35-30-27-24-21-18-15-12-9-6-3)64-74-67(71)61-58-55-52-49-46-43-40-37-34-32-29-26-23-20-17-14-11-8-5-2/h4-64H2,1-3H3. The monoisotopic (exact) mass is 1040 g/mol. The number of hydrogen-bond acceptors (Lipinski definition) is 6. The molecule has 0 spiro atoms. The normalized spacial score (nSPS) is 13.1. The van der Waals surface area contributed by atoms with E-state index in [1.807, 2.05) is 0 Å². The molecule has 1 heterocycles. The van der Waals surface area contributed by atoms with Gasteiger partial charge in [-0.05, 0) is 19.3 Å². The Labute approximate surface area is 463 Å². The van der Waals surface area contributed by atoms with Crippen molar-refractivity contribution in [3.63, 3.8) is 0 Å². The molecule has 0 amide bonds. The Morgan fingerprint density at radius 2 is 0.527 bits per heavy atom. The van der Waals surface area contributed by atoms with E-state index in [4.69, 9.17) is 19.2 Å². The zero-order valence-electron chi connectivity index (χ0n) is 50.6. The van der Waals surface area contributed by atoms with E-state index >= 15 is 0 Å². The second-order valence-electron chi connectivity index (χ2n) is 24.0. The maximum atomic E-state index is 13.0. The second kappa shape index (κ2) is 57.6. The second-order valence-corrected chi connectivity index (χ2v) is 24.0. The summed E-state index contributed by atoms with van der Waals surface area (Å²) in [5.41, 5.74) is -0.837. The number of carbonyl (C=O) groups is 2. The van der Waals surface area contributed by atoms with E-state index < -0.39 is 5.54 Å². The van der Waals surface area contributed by atoms with Crippen molar-refractivity contribution in [2.75, 3.05) is 19.8 Å². The van der Waals surface area contributed by atoms with Gasteiger partial charge in [-0.1, -0.05) is 355 Å². The summed E-state index contributed by atoms with van der Waals surface area (Å²) in [5.74, 6) is 0.387. The average Bonchev–Trinajstić information content (AvgIpc) is 3.82. The van der Waals surface area contributed by atoms with E-state index in [0.717, 1.165) is 44.4 Å². The van der Waals surface area contributed by atoms with Crippen LogP contribution >= 0.6 is 0 Å². The van der Waals surface area contributed by atoms with E-state index in [2.05, 4.69) is 20.8 Å². The van der Waals surface area contributed by atoms with Gasteiger partial charge in [-0.15, -0.1) is 0 Å². The zero-order chi connectivity index (χ0) is 53.2. The summed E-state index contributed by atoms with van der Waals surface area (Å²) in [5, 5.41) is 0. The first-order valence-corrected chi connectivity index (χ1v) is 34.1. The summed E-state index contributed by atoms with van der Waals surface area (Å²) in [6.07, 6.45) is 75.5. The lowest BCUT2D eigenvalue weighted by molar-refractivity contribution is -0.150. The molecule has 0 aromatic carbocycles. The van der Waals surface area contributed by atoms with Crippen LogP contribution in [-0.2, 0) is 23.8 Å². The molecule has 1 aliphatic rings. The predicted octanol–water partition coefficient (Wildman–Crippen LogP) is 22.9. The fourth-order valence-corrected chi connectivity index (χ4v) is 11.1. The van der Waals surface area contributed by atoms with Crippen LogP contribution in [0.25, 0.3) is 0 Å². The lowest BCUT2D eigenvalue weighted by atomic mass is 10.0. The quantitative estimate of drug-likeness (QED) is 0.0448. The van der Waals surface area contributed by atoms with Crippen LogP contribution in [0, 0.1) is 0 Å². The molecule has 1 rings (SSSR count). The minimum Gasteiger partial charge on any atom is -0.478 e. The number of esters is 2. The Hall–Kier alpha value is -1.59. The molecule has 0 saturated carbocycles. The van der Waals surface area contributed by atoms with Crippen molar-refractivity contribution in [1.82, 2.24) is 0 Å². The molecule has 6 heteroatoms. The molecule has 0 bridgehead atoms. The molecule has 74 heavy (non-hydrogen) atoms. The van der Waals surface area contributed by atoms with Crippen molar-refractivity contribution in [2.45, 2.75) is 399 Å². The first-order chi connectivity index (χ1) is 36.5. The third-order valence-corrected chi connectivity index (χ3v) is 16.3. The molecule has 0 atom stereocenters. The summed E-state index contributed by atoms with van der Waals surface area (Å²) < 4.78 is 17.9. The van der Waals surface area contributed by atoms with Crippen LogP contribution in [0.5, 0.6) is 0 Å². The lowest BCUT2D eigenvalue weighted by Gasteiger charge is -2.23. The highest BCUT2D eigenvalue weighted by atomic mass is 16.6. The Balaban J connectivity index is 2.29. The fraction of sp³-hybridized carbons (Fsp3) is 0.956. The Morgan fingerprint density at radius 3 is 0.757 bits per heavy atom. The highest BCUT2D eigenvalue weighted by Crippen LogP contribution is 2.25. The van der Waals surface area contributed by atoms with Crippen molar-refractivity contribution in [3.8, 4) is 0 Å². The SMILES string of the molecule is CCCCCCCCCCCCCCCCCCCCCC(=O)OCC1(COC(=O)CCCCCCCCCCCCCCCCCCCCC)COC(CCCCCCCCCCCCCCCCCCC)=N1. The van der Waals surface area contributed by atoms with Crippen molar-refractivity contribution < 1.29 is 23.8 Å². The summed E-state index contributed by atoms with van der Waals surface area (Å²) >= 11 is 0. The van der Waals surface area contributed by atoms with Crippen molar-refractivity contribution >= 4 is 17.8 Å². The number of rotatable bonds is 62. The maximum absolute atomic E-state index is 13.0. The molecule has 438 valence electrons. The first kappa shape index (κ1) is 70.4. The van der Waals surface area contributed by atoms with Crippen LogP contribution in [0.15, 0.2) is 4.99 Å². The molecule has 1 aliphatic heterocycles. The van der Waals surface area contributed by atoms with Crippen LogP contribution in [0.3, 0.4) is 0 Å².